The Morgan fingerprint density at radius 1 is 1.40 bits per heavy atom. The quantitative estimate of drug-likeness (QED) is 0.696. The molecule has 0 saturated carbocycles. The van der Waals surface area contributed by atoms with Crippen LogP contribution in [-0.2, 0) is 0 Å². The molecule has 0 aliphatic carbocycles. The Labute approximate surface area is 87.5 Å². The van der Waals surface area contributed by atoms with E-state index in [1.807, 2.05) is 18.2 Å². The van der Waals surface area contributed by atoms with Gasteiger partial charge in [-0.25, -0.2) is 0 Å². The lowest BCUT2D eigenvalue weighted by atomic mass is 10.1. The summed E-state index contributed by atoms with van der Waals surface area (Å²) < 4.78 is 10.9. The molecule has 0 bridgehead atoms. The molecule has 0 saturated heterocycles. The first kappa shape index (κ1) is 9.41. The van der Waals surface area contributed by atoms with Gasteiger partial charge in [-0.1, -0.05) is 6.07 Å². The standard InChI is InChI=1S/C11H10N2O2/c12-5-4-9(13)8-2-1-3-10-11(8)15-7-6-14-10/h1-4H,6-7,13H2/b9-4+. The molecule has 0 spiro atoms. The predicted molar refractivity (Wildman–Crippen MR) is 55.2 cm³/mol. The van der Waals surface area contributed by atoms with Crippen molar-refractivity contribution < 1.29 is 9.47 Å². The van der Waals surface area contributed by atoms with Gasteiger partial charge in [0.1, 0.15) is 13.2 Å². The molecule has 1 aliphatic rings. The summed E-state index contributed by atoms with van der Waals surface area (Å²) in [6.45, 7) is 1.04. The van der Waals surface area contributed by atoms with E-state index in [2.05, 4.69) is 0 Å². The molecular weight excluding hydrogens is 192 g/mol. The average Bonchev–Trinajstić information content (AvgIpc) is 2.28. The molecule has 0 fully saturated rings. The zero-order valence-corrected chi connectivity index (χ0v) is 8.06. The Bertz CT molecular complexity index is 446. The minimum atomic E-state index is 0.389. The van der Waals surface area contributed by atoms with Crippen molar-refractivity contribution in [1.29, 1.82) is 5.26 Å². The Kier molecular flexibility index (Phi) is 2.46. The molecular formula is C11H10N2O2. The fourth-order valence-corrected chi connectivity index (χ4v) is 1.45. The van der Waals surface area contributed by atoms with Crippen molar-refractivity contribution in [3.05, 3.63) is 29.8 Å². The van der Waals surface area contributed by atoms with Gasteiger partial charge in [0.2, 0.25) is 0 Å². The van der Waals surface area contributed by atoms with Crippen molar-refractivity contribution in [1.82, 2.24) is 0 Å². The van der Waals surface area contributed by atoms with Gasteiger partial charge in [-0.2, -0.15) is 5.26 Å². The van der Waals surface area contributed by atoms with Crippen LogP contribution in [0.3, 0.4) is 0 Å². The topological polar surface area (TPSA) is 68.3 Å². The number of ether oxygens (including phenoxy) is 2. The number of hydrogen-bond acceptors (Lipinski definition) is 4. The van der Waals surface area contributed by atoms with Crippen LogP contribution < -0.4 is 15.2 Å². The number of nitrogens with two attached hydrogens (primary N) is 1. The summed E-state index contributed by atoms with van der Waals surface area (Å²) in [7, 11) is 0. The van der Waals surface area contributed by atoms with E-state index in [9.17, 15) is 0 Å². The van der Waals surface area contributed by atoms with Crippen molar-refractivity contribution in [2.75, 3.05) is 13.2 Å². The van der Waals surface area contributed by atoms with Crippen LogP contribution in [0.4, 0.5) is 0 Å². The highest BCUT2D eigenvalue weighted by Crippen LogP contribution is 2.35. The third-order valence-corrected chi connectivity index (χ3v) is 2.10. The number of hydrogen-bond donors (Lipinski definition) is 1. The third kappa shape index (κ3) is 1.72. The summed E-state index contributed by atoms with van der Waals surface area (Å²) in [5, 5.41) is 8.52. The second kappa shape index (κ2) is 3.93. The van der Waals surface area contributed by atoms with Gasteiger partial charge in [-0.15, -0.1) is 0 Å². The van der Waals surface area contributed by atoms with Crippen molar-refractivity contribution in [3.8, 4) is 17.6 Å². The number of fused-ring (bicyclic) bond motifs is 1. The summed E-state index contributed by atoms with van der Waals surface area (Å²) in [6, 6.07) is 7.33. The molecule has 2 rings (SSSR count). The lowest BCUT2D eigenvalue weighted by Gasteiger charge is -2.20. The normalized spacial score (nSPS) is 14.5. The largest absolute Gasteiger partial charge is 0.486 e. The van der Waals surface area contributed by atoms with Crippen LogP contribution >= 0.6 is 0 Å². The molecule has 1 aliphatic heterocycles. The van der Waals surface area contributed by atoms with Gasteiger partial charge in [0.05, 0.1) is 11.8 Å². The molecule has 4 heteroatoms. The summed E-state index contributed by atoms with van der Waals surface area (Å²) in [6.07, 6.45) is 1.29. The van der Waals surface area contributed by atoms with Crippen molar-refractivity contribution in [2.45, 2.75) is 0 Å². The fraction of sp³-hybridized carbons (Fsp3) is 0.182. The molecule has 76 valence electrons. The van der Waals surface area contributed by atoms with E-state index >= 15 is 0 Å². The molecule has 2 N–H and O–H groups in total. The fourth-order valence-electron chi connectivity index (χ4n) is 1.45. The number of benzene rings is 1. The summed E-state index contributed by atoms with van der Waals surface area (Å²) in [5.41, 5.74) is 6.82. The monoisotopic (exact) mass is 202 g/mol. The van der Waals surface area contributed by atoms with E-state index in [0.29, 0.717) is 36.0 Å². The van der Waals surface area contributed by atoms with E-state index in [1.54, 1.807) is 6.07 Å². The first-order chi connectivity index (χ1) is 7.33. The molecule has 1 aromatic rings. The average molecular weight is 202 g/mol. The molecule has 0 atom stereocenters. The van der Waals surface area contributed by atoms with Crippen LogP contribution in [0, 0.1) is 11.3 Å². The van der Waals surface area contributed by atoms with E-state index in [-0.39, 0.29) is 0 Å². The molecule has 15 heavy (non-hydrogen) atoms. The van der Waals surface area contributed by atoms with E-state index < -0.39 is 0 Å². The van der Waals surface area contributed by atoms with Crippen LogP contribution in [0.25, 0.3) is 5.70 Å². The molecule has 4 nitrogen and oxygen atoms in total. The van der Waals surface area contributed by atoms with E-state index in [4.69, 9.17) is 20.5 Å². The lowest BCUT2D eigenvalue weighted by molar-refractivity contribution is 0.171. The molecule has 0 unspecified atom stereocenters. The van der Waals surface area contributed by atoms with Gasteiger partial charge in [-0.05, 0) is 12.1 Å². The summed E-state index contributed by atoms with van der Waals surface area (Å²) in [5.74, 6) is 1.29. The summed E-state index contributed by atoms with van der Waals surface area (Å²) in [4.78, 5) is 0. The van der Waals surface area contributed by atoms with Gasteiger partial charge in [0.15, 0.2) is 11.5 Å². The summed E-state index contributed by atoms with van der Waals surface area (Å²) >= 11 is 0. The lowest BCUT2D eigenvalue weighted by Crippen LogP contribution is -2.17. The van der Waals surface area contributed by atoms with Crippen LogP contribution in [0.15, 0.2) is 24.3 Å². The van der Waals surface area contributed by atoms with Crippen molar-refractivity contribution in [2.24, 2.45) is 5.73 Å². The minimum absolute atomic E-state index is 0.389. The second-order valence-electron chi connectivity index (χ2n) is 3.06. The number of allylic oxidation sites excluding steroid dienone is 1. The van der Waals surface area contributed by atoms with Crippen LogP contribution in [0.5, 0.6) is 11.5 Å². The first-order valence-corrected chi connectivity index (χ1v) is 4.57. The van der Waals surface area contributed by atoms with Gasteiger partial charge in [0, 0.05) is 11.6 Å². The maximum atomic E-state index is 8.52. The van der Waals surface area contributed by atoms with E-state index in [1.165, 1.54) is 6.08 Å². The van der Waals surface area contributed by atoms with Gasteiger partial charge >= 0.3 is 0 Å². The molecule has 0 aromatic heterocycles. The Hall–Kier alpha value is -2.15. The van der Waals surface area contributed by atoms with Gasteiger partial charge in [-0.3, -0.25) is 0 Å². The van der Waals surface area contributed by atoms with Crippen LogP contribution in [-0.4, -0.2) is 13.2 Å². The highest BCUT2D eigenvalue weighted by atomic mass is 16.6. The maximum Gasteiger partial charge on any atom is 0.170 e. The van der Waals surface area contributed by atoms with Crippen molar-refractivity contribution >= 4 is 5.70 Å². The smallest absolute Gasteiger partial charge is 0.170 e. The number of nitriles is 1. The first-order valence-electron chi connectivity index (χ1n) is 4.57. The third-order valence-electron chi connectivity index (χ3n) is 2.10. The predicted octanol–water partition coefficient (Wildman–Crippen LogP) is 1.28. The van der Waals surface area contributed by atoms with Crippen LogP contribution in [0.2, 0.25) is 0 Å². The highest BCUT2D eigenvalue weighted by Gasteiger charge is 2.16. The van der Waals surface area contributed by atoms with Crippen LogP contribution in [0.1, 0.15) is 5.56 Å². The molecule has 0 amide bonds. The number of nitrogens with zero attached hydrogens (tertiary/aromatic N) is 1. The Morgan fingerprint density at radius 2 is 2.20 bits per heavy atom. The highest BCUT2D eigenvalue weighted by molar-refractivity contribution is 5.72. The molecule has 0 radical (unpaired) electrons. The Morgan fingerprint density at radius 3 is 3.00 bits per heavy atom. The molecule has 1 aromatic carbocycles. The van der Waals surface area contributed by atoms with Crippen molar-refractivity contribution in [3.63, 3.8) is 0 Å². The minimum Gasteiger partial charge on any atom is -0.486 e. The second-order valence-corrected chi connectivity index (χ2v) is 3.06. The Balaban J connectivity index is 2.49. The molecule has 1 heterocycles. The number of rotatable bonds is 1. The number of para-hydroxylation sites is 1. The van der Waals surface area contributed by atoms with E-state index in [0.717, 1.165) is 0 Å². The SMILES string of the molecule is N#C/C=C(/N)c1cccc2c1OCCO2. The maximum absolute atomic E-state index is 8.52. The zero-order chi connectivity index (χ0) is 10.7. The zero-order valence-electron chi connectivity index (χ0n) is 8.06. The van der Waals surface area contributed by atoms with Gasteiger partial charge in [0.25, 0.3) is 0 Å². The van der Waals surface area contributed by atoms with Gasteiger partial charge < -0.3 is 15.2 Å².